The van der Waals surface area contributed by atoms with Gasteiger partial charge in [0, 0.05) is 23.9 Å². The Morgan fingerprint density at radius 3 is 2.80 bits per heavy atom. The molecular formula is C17H25NOS. The van der Waals surface area contributed by atoms with Crippen molar-refractivity contribution in [1.29, 1.82) is 0 Å². The van der Waals surface area contributed by atoms with Crippen molar-refractivity contribution in [3.63, 3.8) is 0 Å². The topological polar surface area (TPSA) is 23.5 Å². The van der Waals surface area contributed by atoms with Crippen LogP contribution in [0, 0.1) is 11.8 Å². The summed E-state index contributed by atoms with van der Waals surface area (Å²) in [7, 11) is 0. The minimum atomic E-state index is 0.149. The van der Waals surface area contributed by atoms with Crippen LogP contribution in [0.4, 0.5) is 0 Å². The number of thiophene rings is 1. The number of rotatable bonds is 5. The fraction of sp³-hybridized carbons (Fsp3) is 0.647. The molecule has 0 spiro atoms. The third-order valence-electron chi connectivity index (χ3n) is 3.97. The lowest BCUT2D eigenvalue weighted by Gasteiger charge is -2.33. The van der Waals surface area contributed by atoms with Gasteiger partial charge in [0.05, 0.1) is 11.5 Å². The zero-order chi connectivity index (χ0) is 14.2. The molecule has 0 unspecified atom stereocenters. The summed E-state index contributed by atoms with van der Waals surface area (Å²) in [6, 6.07) is 5.10. The van der Waals surface area contributed by atoms with Crippen molar-refractivity contribution in [3.05, 3.63) is 21.9 Å². The van der Waals surface area contributed by atoms with Crippen LogP contribution < -0.4 is 0 Å². The molecule has 0 bridgehead atoms. The van der Waals surface area contributed by atoms with Gasteiger partial charge in [-0.2, -0.15) is 0 Å². The largest absolute Gasteiger partial charge is 0.395 e. The van der Waals surface area contributed by atoms with Crippen LogP contribution in [0.3, 0.4) is 0 Å². The van der Waals surface area contributed by atoms with Crippen LogP contribution in [0.2, 0.25) is 0 Å². The first-order valence-electron chi connectivity index (χ1n) is 7.76. The Kier molecular flexibility index (Phi) is 6.59. The van der Waals surface area contributed by atoms with Gasteiger partial charge < -0.3 is 5.11 Å². The third-order valence-corrected chi connectivity index (χ3v) is 4.95. The van der Waals surface area contributed by atoms with E-state index in [4.69, 9.17) is 5.11 Å². The molecule has 1 N–H and O–H groups in total. The molecule has 2 rings (SSSR count). The number of nitrogens with zero attached hydrogens (tertiary/aromatic N) is 1. The van der Waals surface area contributed by atoms with Crippen molar-refractivity contribution in [2.75, 3.05) is 13.2 Å². The van der Waals surface area contributed by atoms with E-state index in [2.05, 4.69) is 35.8 Å². The second-order valence-electron chi connectivity index (χ2n) is 5.40. The van der Waals surface area contributed by atoms with Crippen molar-refractivity contribution in [3.8, 4) is 11.8 Å². The molecule has 1 aromatic heterocycles. The zero-order valence-corrected chi connectivity index (χ0v) is 13.2. The highest BCUT2D eigenvalue weighted by molar-refractivity contribution is 7.12. The Morgan fingerprint density at radius 2 is 2.10 bits per heavy atom. The molecule has 2 nitrogen and oxygen atoms in total. The van der Waals surface area contributed by atoms with Crippen molar-refractivity contribution >= 4 is 11.3 Å². The molecule has 0 amide bonds. The summed E-state index contributed by atoms with van der Waals surface area (Å²) >= 11 is 1.79. The molecule has 110 valence electrons. The van der Waals surface area contributed by atoms with Crippen LogP contribution in [-0.4, -0.2) is 29.2 Å². The predicted octanol–water partition coefficient (Wildman–Crippen LogP) is 3.64. The Balaban J connectivity index is 1.92. The number of hydrogen-bond acceptors (Lipinski definition) is 3. The first-order chi connectivity index (χ1) is 9.83. The second-order valence-corrected chi connectivity index (χ2v) is 6.56. The summed E-state index contributed by atoms with van der Waals surface area (Å²) in [6.45, 7) is 4.61. The van der Waals surface area contributed by atoms with E-state index in [1.54, 1.807) is 11.3 Å². The SMILES string of the molecule is CCN(Cc1ccc(C#CCCO)s1)C1CCCCC1. The van der Waals surface area contributed by atoms with Crippen molar-refractivity contribution in [2.24, 2.45) is 0 Å². The fourth-order valence-electron chi connectivity index (χ4n) is 2.88. The van der Waals surface area contributed by atoms with E-state index < -0.39 is 0 Å². The zero-order valence-electron chi connectivity index (χ0n) is 12.4. The highest BCUT2D eigenvalue weighted by Gasteiger charge is 2.20. The second kappa shape index (κ2) is 8.46. The minimum absolute atomic E-state index is 0.149. The molecule has 0 saturated heterocycles. The van der Waals surface area contributed by atoms with E-state index in [9.17, 15) is 0 Å². The first-order valence-corrected chi connectivity index (χ1v) is 8.57. The Morgan fingerprint density at radius 1 is 1.30 bits per heavy atom. The molecule has 20 heavy (non-hydrogen) atoms. The molecule has 0 atom stereocenters. The molecule has 1 fully saturated rings. The van der Waals surface area contributed by atoms with Crippen LogP contribution in [-0.2, 0) is 6.54 Å². The number of aliphatic hydroxyl groups excluding tert-OH is 1. The maximum absolute atomic E-state index is 8.74. The van der Waals surface area contributed by atoms with E-state index in [1.165, 1.54) is 37.0 Å². The minimum Gasteiger partial charge on any atom is -0.395 e. The molecule has 1 aromatic rings. The highest BCUT2D eigenvalue weighted by atomic mass is 32.1. The van der Waals surface area contributed by atoms with Gasteiger partial charge in [0.1, 0.15) is 0 Å². The Hall–Kier alpha value is -0.820. The van der Waals surface area contributed by atoms with Gasteiger partial charge in [-0.15, -0.1) is 11.3 Å². The lowest BCUT2D eigenvalue weighted by atomic mass is 9.94. The Bertz CT molecular complexity index is 451. The molecule has 0 aromatic carbocycles. The lowest BCUT2D eigenvalue weighted by Crippen LogP contribution is -2.35. The predicted molar refractivity (Wildman–Crippen MR) is 85.9 cm³/mol. The maximum atomic E-state index is 8.74. The normalized spacial score (nSPS) is 16.1. The number of hydrogen-bond donors (Lipinski definition) is 1. The lowest BCUT2D eigenvalue weighted by molar-refractivity contribution is 0.157. The van der Waals surface area contributed by atoms with Crippen LogP contribution in [0.25, 0.3) is 0 Å². The summed E-state index contributed by atoms with van der Waals surface area (Å²) in [5, 5.41) is 8.74. The van der Waals surface area contributed by atoms with Crippen molar-refractivity contribution < 1.29 is 5.11 Å². The molecule has 0 radical (unpaired) electrons. The smallest absolute Gasteiger partial charge is 0.0771 e. The van der Waals surface area contributed by atoms with Crippen molar-refractivity contribution in [2.45, 2.75) is 58.0 Å². The monoisotopic (exact) mass is 291 g/mol. The maximum Gasteiger partial charge on any atom is 0.0771 e. The molecule has 1 aliphatic carbocycles. The van der Waals surface area contributed by atoms with E-state index in [0.717, 1.165) is 24.0 Å². The van der Waals surface area contributed by atoms with Gasteiger partial charge >= 0.3 is 0 Å². The average molecular weight is 291 g/mol. The number of aliphatic hydroxyl groups is 1. The average Bonchev–Trinajstić information content (AvgIpc) is 2.93. The molecule has 1 aliphatic rings. The van der Waals surface area contributed by atoms with Gasteiger partial charge in [-0.3, -0.25) is 4.90 Å². The van der Waals surface area contributed by atoms with Gasteiger partial charge in [-0.25, -0.2) is 0 Å². The van der Waals surface area contributed by atoms with Gasteiger partial charge in [-0.1, -0.05) is 38.0 Å². The van der Waals surface area contributed by atoms with Gasteiger partial charge in [0.15, 0.2) is 0 Å². The van der Waals surface area contributed by atoms with Gasteiger partial charge in [-0.05, 0) is 31.5 Å². The van der Waals surface area contributed by atoms with Crippen molar-refractivity contribution in [1.82, 2.24) is 4.90 Å². The van der Waals surface area contributed by atoms with E-state index in [0.29, 0.717) is 6.42 Å². The summed E-state index contributed by atoms with van der Waals surface area (Å²) in [6.07, 6.45) is 7.49. The Labute approximate surface area is 126 Å². The summed E-state index contributed by atoms with van der Waals surface area (Å²) in [4.78, 5) is 5.15. The molecular weight excluding hydrogens is 266 g/mol. The van der Waals surface area contributed by atoms with Crippen LogP contribution in [0.1, 0.15) is 55.2 Å². The molecule has 0 aliphatic heterocycles. The van der Waals surface area contributed by atoms with E-state index in [1.807, 2.05) is 0 Å². The summed E-state index contributed by atoms with van der Waals surface area (Å²) < 4.78 is 0. The first kappa shape index (κ1) is 15.6. The molecule has 1 saturated carbocycles. The van der Waals surface area contributed by atoms with Gasteiger partial charge in [0.2, 0.25) is 0 Å². The summed E-state index contributed by atoms with van der Waals surface area (Å²) in [5.74, 6) is 6.12. The highest BCUT2D eigenvalue weighted by Crippen LogP contribution is 2.25. The third kappa shape index (κ3) is 4.63. The summed E-state index contributed by atoms with van der Waals surface area (Å²) in [5.41, 5.74) is 0. The molecule has 1 heterocycles. The van der Waals surface area contributed by atoms with Crippen LogP contribution in [0.15, 0.2) is 12.1 Å². The fourth-order valence-corrected chi connectivity index (χ4v) is 3.79. The van der Waals surface area contributed by atoms with E-state index >= 15 is 0 Å². The van der Waals surface area contributed by atoms with E-state index in [-0.39, 0.29) is 6.61 Å². The molecule has 3 heteroatoms. The van der Waals surface area contributed by atoms with Crippen LogP contribution >= 0.6 is 11.3 Å². The standard InChI is InChI=1S/C17H25NOS/c1-2-18(15-8-4-3-5-9-15)14-17-12-11-16(20-17)10-6-7-13-19/h11-12,15,19H,2-5,7-9,13-14H2,1H3. The van der Waals surface area contributed by atoms with Gasteiger partial charge in [0.25, 0.3) is 0 Å². The van der Waals surface area contributed by atoms with Crippen LogP contribution in [0.5, 0.6) is 0 Å². The quantitative estimate of drug-likeness (QED) is 0.837.